The van der Waals surface area contributed by atoms with E-state index in [0.29, 0.717) is 6.54 Å². The summed E-state index contributed by atoms with van der Waals surface area (Å²) < 4.78 is 4.63. The van der Waals surface area contributed by atoms with Gasteiger partial charge in [0, 0.05) is 18.7 Å². The summed E-state index contributed by atoms with van der Waals surface area (Å²) in [5.41, 5.74) is 0.852. The van der Waals surface area contributed by atoms with Crippen molar-refractivity contribution in [2.24, 2.45) is 0 Å². The first-order valence-electron chi connectivity index (χ1n) is 3.56. The van der Waals surface area contributed by atoms with E-state index in [0.717, 1.165) is 5.69 Å². The second-order valence-corrected chi connectivity index (χ2v) is 2.46. The minimum Gasteiger partial charge on any atom is -0.395 e. The summed E-state index contributed by atoms with van der Waals surface area (Å²) in [6.07, 6.45) is 1.53. The molecule has 11 heavy (non-hydrogen) atoms. The molecule has 2 N–H and O–H groups in total. The Morgan fingerprint density at radius 1 is 1.82 bits per heavy atom. The number of hydrogen-bond donors (Lipinski definition) is 2. The maximum atomic E-state index is 8.66. The predicted molar refractivity (Wildman–Crippen MR) is 39.9 cm³/mol. The van der Waals surface area contributed by atoms with Crippen molar-refractivity contribution in [1.29, 1.82) is 0 Å². The third-order valence-electron chi connectivity index (χ3n) is 1.40. The minimum absolute atomic E-state index is 0.103. The van der Waals surface area contributed by atoms with Gasteiger partial charge in [-0.3, -0.25) is 0 Å². The number of nitrogens with zero attached hydrogens (tertiary/aromatic N) is 1. The molecule has 0 amide bonds. The zero-order chi connectivity index (χ0) is 8.10. The molecule has 1 aromatic rings. The van der Waals surface area contributed by atoms with Crippen molar-refractivity contribution >= 4 is 0 Å². The van der Waals surface area contributed by atoms with Crippen LogP contribution in [0.15, 0.2) is 16.9 Å². The van der Waals surface area contributed by atoms with Crippen LogP contribution < -0.4 is 5.32 Å². The van der Waals surface area contributed by atoms with Crippen molar-refractivity contribution in [3.05, 3.63) is 18.0 Å². The number of aromatic nitrogens is 1. The number of nitrogens with one attached hydrogen (secondary N) is 1. The molecule has 1 atom stereocenters. The van der Waals surface area contributed by atoms with Crippen molar-refractivity contribution in [2.45, 2.75) is 19.5 Å². The molecule has 0 aliphatic rings. The van der Waals surface area contributed by atoms with E-state index in [1.165, 1.54) is 6.26 Å². The molecule has 0 saturated carbocycles. The maximum Gasteiger partial charge on any atom is 0.124 e. The molecular formula is C7H12N2O2. The van der Waals surface area contributed by atoms with Gasteiger partial charge >= 0.3 is 0 Å². The SMILES string of the molecule is CC(CO)NCc1ccon1. The van der Waals surface area contributed by atoms with Gasteiger partial charge in [-0.15, -0.1) is 0 Å². The van der Waals surface area contributed by atoms with E-state index in [-0.39, 0.29) is 12.6 Å². The number of aliphatic hydroxyl groups excluding tert-OH is 1. The second kappa shape index (κ2) is 4.10. The van der Waals surface area contributed by atoms with Crippen LogP contribution in [0.4, 0.5) is 0 Å². The molecule has 0 spiro atoms. The summed E-state index contributed by atoms with van der Waals surface area (Å²) in [6.45, 7) is 2.68. The summed E-state index contributed by atoms with van der Waals surface area (Å²) in [5.74, 6) is 0. The van der Waals surface area contributed by atoms with E-state index in [9.17, 15) is 0 Å². The van der Waals surface area contributed by atoms with Crippen molar-refractivity contribution in [1.82, 2.24) is 10.5 Å². The lowest BCUT2D eigenvalue weighted by molar-refractivity contribution is 0.250. The number of hydrogen-bond acceptors (Lipinski definition) is 4. The van der Waals surface area contributed by atoms with Gasteiger partial charge in [-0.05, 0) is 6.92 Å². The Morgan fingerprint density at radius 3 is 3.18 bits per heavy atom. The lowest BCUT2D eigenvalue weighted by Gasteiger charge is -2.07. The van der Waals surface area contributed by atoms with Crippen molar-refractivity contribution in [3.8, 4) is 0 Å². The van der Waals surface area contributed by atoms with Crippen LogP contribution in [0.1, 0.15) is 12.6 Å². The van der Waals surface area contributed by atoms with Gasteiger partial charge in [0.1, 0.15) is 6.26 Å². The summed E-state index contributed by atoms with van der Waals surface area (Å²) in [6, 6.07) is 1.89. The lowest BCUT2D eigenvalue weighted by Crippen LogP contribution is -2.28. The van der Waals surface area contributed by atoms with E-state index in [1.54, 1.807) is 6.07 Å². The van der Waals surface area contributed by atoms with E-state index < -0.39 is 0 Å². The summed E-state index contributed by atoms with van der Waals surface area (Å²) in [4.78, 5) is 0. The highest BCUT2D eigenvalue weighted by molar-refractivity contribution is 4.94. The zero-order valence-corrected chi connectivity index (χ0v) is 6.45. The van der Waals surface area contributed by atoms with Gasteiger partial charge in [-0.1, -0.05) is 5.16 Å². The Kier molecular flexibility index (Phi) is 3.07. The zero-order valence-electron chi connectivity index (χ0n) is 6.45. The van der Waals surface area contributed by atoms with Gasteiger partial charge in [0.2, 0.25) is 0 Å². The molecule has 0 aliphatic carbocycles. The van der Waals surface area contributed by atoms with E-state index in [4.69, 9.17) is 5.11 Å². The average Bonchev–Trinajstić information content (AvgIpc) is 2.52. The molecule has 0 saturated heterocycles. The first kappa shape index (κ1) is 8.23. The smallest absolute Gasteiger partial charge is 0.124 e. The summed E-state index contributed by atoms with van der Waals surface area (Å²) in [5, 5.41) is 15.4. The van der Waals surface area contributed by atoms with Crippen LogP contribution in [0.2, 0.25) is 0 Å². The van der Waals surface area contributed by atoms with Gasteiger partial charge < -0.3 is 14.9 Å². The Labute approximate surface area is 65.2 Å². The molecule has 1 aromatic heterocycles. The van der Waals surface area contributed by atoms with Crippen molar-refractivity contribution in [3.63, 3.8) is 0 Å². The quantitative estimate of drug-likeness (QED) is 0.651. The van der Waals surface area contributed by atoms with Gasteiger partial charge in [0.15, 0.2) is 0 Å². The van der Waals surface area contributed by atoms with E-state index in [1.807, 2.05) is 6.92 Å². The third kappa shape index (κ3) is 2.69. The van der Waals surface area contributed by atoms with Crippen LogP contribution in [0.25, 0.3) is 0 Å². The normalized spacial score (nSPS) is 13.3. The van der Waals surface area contributed by atoms with Crippen LogP contribution in [-0.4, -0.2) is 22.9 Å². The molecule has 0 fully saturated rings. The molecule has 62 valence electrons. The number of aliphatic hydroxyl groups is 1. The molecule has 4 nitrogen and oxygen atoms in total. The van der Waals surface area contributed by atoms with Crippen LogP contribution >= 0.6 is 0 Å². The molecule has 0 aliphatic heterocycles. The van der Waals surface area contributed by atoms with Crippen LogP contribution in [0.3, 0.4) is 0 Å². The molecule has 1 unspecified atom stereocenters. The molecule has 0 radical (unpaired) electrons. The fourth-order valence-electron chi connectivity index (χ4n) is 0.672. The Hall–Kier alpha value is -0.870. The minimum atomic E-state index is 0.103. The highest BCUT2D eigenvalue weighted by Crippen LogP contribution is 1.93. The molecule has 0 bridgehead atoms. The standard InChI is InChI=1S/C7H12N2O2/c1-6(5-10)8-4-7-2-3-11-9-7/h2-3,6,8,10H,4-5H2,1H3. The maximum absolute atomic E-state index is 8.66. The Balaban J connectivity index is 2.23. The van der Waals surface area contributed by atoms with Gasteiger partial charge in [-0.2, -0.15) is 0 Å². The second-order valence-electron chi connectivity index (χ2n) is 2.46. The van der Waals surface area contributed by atoms with Crippen LogP contribution in [0.5, 0.6) is 0 Å². The van der Waals surface area contributed by atoms with Gasteiger partial charge in [0.05, 0.1) is 12.3 Å². The fourth-order valence-corrected chi connectivity index (χ4v) is 0.672. The topological polar surface area (TPSA) is 58.3 Å². The summed E-state index contributed by atoms with van der Waals surface area (Å²) >= 11 is 0. The predicted octanol–water partition coefficient (Wildman–Crippen LogP) is 0.145. The van der Waals surface area contributed by atoms with E-state index >= 15 is 0 Å². The highest BCUT2D eigenvalue weighted by Gasteiger charge is 1.99. The van der Waals surface area contributed by atoms with Gasteiger partial charge in [0.25, 0.3) is 0 Å². The monoisotopic (exact) mass is 156 g/mol. The van der Waals surface area contributed by atoms with Crippen molar-refractivity contribution in [2.75, 3.05) is 6.61 Å². The number of rotatable bonds is 4. The highest BCUT2D eigenvalue weighted by atomic mass is 16.5. The van der Waals surface area contributed by atoms with Gasteiger partial charge in [-0.25, -0.2) is 0 Å². The lowest BCUT2D eigenvalue weighted by atomic mass is 10.3. The van der Waals surface area contributed by atoms with Crippen molar-refractivity contribution < 1.29 is 9.63 Å². The van der Waals surface area contributed by atoms with E-state index in [2.05, 4.69) is 15.0 Å². The molecule has 0 aromatic carbocycles. The molecule has 4 heteroatoms. The fraction of sp³-hybridized carbons (Fsp3) is 0.571. The molecule has 1 rings (SSSR count). The first-order valence-corrected chi connectivity index (χ1v) is 3.56. The largest absolute Gasteiger partial charge is 0.395 e. The Morgan fingerprint density at radius 2 is 2.64 bits per heavy atom. The van der Waals surface area contributed by atoms with Crippen LogP contribution in [-0.2, 0) is 6.54 Å². The third-order valence-corrected chi connectivity index (χ3v) is 1.40. The average molecular weight is 156 g/mol. The first-order chi connectivity index (χ1) is 5.33. The van der Waals surface area contributed by atoms with Crippen LogP contribution in [0, 0.1) is 0 Å². The Bertz CT molecular complexity index is 186. The molecule has 1 heterocycles. The molecular weight excluding hydrogens is 144 g/mol. The summed E-state index contributed by atoms with van der Waals surface area (Å²) in [7, 11) is 0.